The summed E-state index contributed by atoms with van der Waals surface area (Å²) in [6.45, 7) is 0. The number of aliphatic hydroxyl groups is 1. The summed E-state index contributed by atoms with van der Waals surface area (Å²) in [5, 5.41) is 14.1. The van der Waals surface area contributed by atoms with Crippen molar-refractivity contribution in [1.82, 2.24) is 0 Å². The molecule has 0 radical (unpaired) electrons. The zero-order valence-corrected chi connectivity index (χ0v) is 9.11. The van der Waals surface area contributed by atoms with Crippen LogP contribution in [0.5, 0.6) is 0 Å². The van der Waals surface area contributed by atoms with Crippen LogP contribution in [0.15, 0.2) is 16.8 Å². The maximum Gasteiger partial charge on any atom is 0.0826 e. The highest BCUT2D eigenvalue weighted by Gasteiger charge is 2.23. The molecule has 0 aromatic carbocycles. The summed E-state index contributed by atoms with van der Waals surface area (Å²) in [7, 11) is 0. The molecule has 0 aliphatic carbocycles. The van der Waals surface area contributed by atoms with Gasteiger partial charge in [-0.2, -0.15) is 23.1 Å². The molecule has 3 heteroatoms. The van der Waals surface area contributed by atoms with Crippen LogP contribution < -0.4 is 0 Å². The van der Waals surface area contributed by atoms with E-state index in [-0.39, 0.29) is 6.10 Å². The van der Waals surface area contributed by atoms with Crippen molar-refractivity contribution >= 4 is 23.1 Å². The van der Waals surface area contributed by atoms with Gasteiger partial charge in [-0.15, -0.1) is 0 Å². The van der Waals surface area contributed by atoms with Crippen LogP contribution in [-0.4, -0.2) is 16.6 Å². The van der Waals surface area contributed by atoms with E-state index in [2.05, 4.69) is 5.38 Å². The molecule has 72 valence electrons. The summed E-state index contributed by atoms with van der Waals surface area (Å²) in [5.41, 5.74) is 1.11. The second-order valence-corrected chi connectivity index (χ2v) is 5.46. The standard InChI is InChI=1S/C10H14OS2/c11-10(9-3-6-13-7-9)8-1-4-12-5-2-8/h3,6-8,10-11H,1-2,4-5H2/t10-/m1/s1. The first-order chi connectivity index (χ1) is 6.38. The molecule has 2 heterocycles. The van der Waals surface area contributed by atoms with Gasteiger partial charge in [0, 0.05) is 0 Å². The number of rotatable bonds is 2. The van der Waals surface area contributed by atoms with E-state index in [0.717, 1.165) is 5.56 Å². The Bertz CT molecular complexity index is 239. The van der Waals surface area contributed by atoms with Crippen molar-refractivity contribution < 1.29 is 5.11 Å². The van der Waals surface area contributed by atoms with E-state index in [0.29, 0.717) is 5.92 Å². The monoisotopic (exact) mass is 214 g/mol. The number of aliphatic hydroxyl groups excluding tert-OH is 1. The number of thioether (sulfide) groups is 1. The number of hydrogen-bond donors (Lipinski definition) is 1. The summed E-state index contributed by atoms with van der Waals surface area (Å²) < 4.78 is 0. The maximum absolute atomic E-state index is 10.0. The highest BCUT2D eigenvalue weighted by atomic mass is 32.2. The van der Waals surface area contributed by atoms with Crippen molar-refractivity contribution in [1.29, 1.82) is 0 Å². The van der Waals surface area contributed by atoms with Crippen molar-refractivity contribution in [3.05, 3.63) is 22.4 Å². The fourth-order valence-electron chi connectivity index (χ4n) is 1.75. The first-order valence-electron chi connectivity index (χ1n) is 4.66. The molecular formula is C10H14OS2. The van der Waals surface area contributed by atoms with E-state index >= 15 is 0 Å². The lowest BCUT2D eigenvalue weighted by Crippen LogP contribution is -2.17. The Morgan fingerprint density at radius 1 is 1.38 bits per heavy atom. The van der Waals surface area contributed by atoms with Crippen LogP contribution >= 0.6 is 23.1 Å². The van der Waals surface area contributed by atoms with Gasteiger partial charge < -0.3 is 5.11 Å². The minimum Gasteiger partial charge on any atom is -0.388 e. The molecule has 1 aromatic rings. The molecule has 1 aliphatic heterocycles. The largest absolute Gasteiger partial charge is 0.388 e. The Kier molecular flexibility index (Phi) is 3.30. The fraction of sp³-hybridized carbons (Fsp3) is 0.600. The van der Waals surface area contributed by atoms with Gasteiger partial charge in [0.2, 0.25) is 0 Å². The van der Waals surface area contributed by atoms with Gasteiger partial charge >= 0.3 is 0 Å². The number of hydrogen-bond acceptors (Lipinski definition) is 3. The molecule has 0 spiro atoms. The predicted octanol–water partition coefficient (Wildman–Crippen LogP) is 2.92. The molecule has 1 atom stereocenters. The second-order valence-electron chi connectivity index (χ2n) is 3.45. The smallest absolute Gasteiger partial charge is 0.0826 e. The molecule has 1 fully saturated rings. The third kappa shape index (κ3) is 2.27. The number of thiophene rings is 1. The normalized spacial score (nSPS) is 21.6. The van der Waals surface area contributed by atoms with Crippen molar-refractivity contribution in [3.63, 3.8) is 0 Å². The predicted molar refractivity (Wildman–Crippen MR) is 59.3 cm³/mol. The molecular weight excluding hydrogens is 200 g/mol. The average molecular weight is 214 g/mol. The maximum atomic E-state index is 10.0. The van der Waals surface area contributed by atoms with E-state index < -0.39 is 0 Å². The van der Waals surface area contributed by atoms with Gasteiger partial charge in [0.15, 0.2) is 0 Å². The van der Waals surface area contributed by atoms with Gasteiger partial charge in [0.25, 0.3) is 0 Å². The Hall–Kier alpha value is 0.01000. The van der Waals surface area contributed by atoms with Crippen molar-refractivity contribution in [2.45, 2.75) is 18.9 Å². The Morgan fingerprint density at radius 2 is 2.15 bits per heavy atom. The first kappa shape index (κ1) is 9.56. The average Bonchev–Trinajstić information content (AvgIpc) is 2.71. The molecule has 0 saturated carbocycles. The Morgan fingerprint density at radius 3 is 2.77 bits per heavy atom. The van der Waals surface area contributed by atoms with Crippen LogP contribution in [0.3, 0.4) is 0 Å². The molecule has 1 aliphatic rings. The van der Waals surface area contributed by atoms with Crippen LogP contribution in [0.1, 0.15) is 24.5 Å². The molecule has 0 bridgehead atoms. The summed E-state index contributed by atoms with van der Waals surface area (Å²) in [5.74, 6) is 2.92. The molecule has 1 aromatic heterocycles. The van der Waals surface area contributed by atoms with Crippen molar-refractivity contribution in [3.8, 4) is 0 Å². The van der Waals surface area contributed by atoms with Gasteiger partial charge in [-0.1, -0.05) is 0 Å². The molecule has 0 unspecified atom stereocenters. The molecule has 1 nitrogen and oxygen atoms in total. The molecule has 0 amide bonds. The Balaban J connectivity index is 1.99. The van der Waals surface area contributed by atoms with E-state index in [1.54, 1.807) is 11.3 Å². The lowest BCUT2D eigenvalue weighted by atomic mass is 9.92. The third-order valence-corrected chi connectivity index (χ3v) is 4.35. The van der Waals surface area contributed by atoms with Gasteiger partial charge in [-0.3, -0.25) is 0 Å². The van der Waals surface area contributed by atoms with Gasteiger partial charge in [-0.05, 0) is 52.7 Å². The van der Waals surface area contributed by atoms with Gasteiger partial charge in [-0.25, -0.2) is 0 Å². The van der Waals surface area contributed by atoms with E-state index in [1.165, 1.54) is 24.3 Å². The minimum absolute atomic E-state index is 0.216. The zero-order chi connectivity index (χ0) is 9.10. The highest BCUT2D eigenvalue weighted by Crippen LogP contribution is 2.33. The van der Waals surface area contributed by atoms with Crippen molar-refractivity contribution in [2.75, 3.05) is 11.5 Å². The summed E-state index contributed by atoms with van der Waals surface area (Å²) in [4.78, 5) is 0. The van der Waals surface area contributed by atoms with Crippen LogP contribution in [0, 0.1) is 5.92 Å². The lowest BCUT2D eigenvalue weighted by molar-refractivity contribution is 0.103. The van der Waals surface area contributed by atoms with E-state index in [1.807, 2.05) is 23.2 Å². The van der Waals surface area contributed by atoms with Crippen LogP contribution in [-0.2, 0) is 0 Å². The van der Waals surface area contributed by atoms with Crippen LogP contribution in [0.2, 0.25) is 0 Å². The van der Waals surface area contributed by atoms with Gasteiger partial charge in [0.1, 0.15) is 0 Å². The fourth-order valence-corrected chi connectivity index (χ4v) is 3.58. The minimum atomic E-state index is -0.216. The first-order valence-corrected chi connectivity index (χ1v) is 6.75. The van der Waals surface area contributed by atoms with E-state index in [9.17, 15) is 5.11 Å². The van der Waals surface area contributed by atoms with Crippen LogP contribution in [0.25, 0.3) is 0 Å². The van der Waals surface area contributed by atoms with Gasteiger partial charge in [0.05, 0.1) is 6.10 Å². The summed E-state index contributed by atoms with van der Waals surface area (Å²) >= 11 is 3.67. The molecule has 13 heavy (non-hydrogen) atoms. The molecule has 2 rings (SSSR count). The van der Waals surface area contributed by atoms with Crippen LogP contribution in [0.4, 0.5) is 0 Å². The highest BCUT2D eigenvalue weighted by molar-refractivity contribution is 7.99. The Labute approximate surface area is 87.2 Å². The lowest BCUT2D eigenvalue weighted by Gasteiger charge is -2.25. The summed E-state index contributed by atoms with van der Waals surface area (Å²) in [6, 6.07) is 2.04. The quantitative estimate of drug-likeness (QED) is 0.817. The molecule has 1 N–H and O–H groups in total. The van der Waals surface area contributed by atoms with Crippen molar-refractivity contribution in [2.24, 2.45) is 5.92 Å². The second kappa shape index (κ2) is 4.49. The zero-order valence-electron chi connectivity index (χ0n) is 7.48. The summed E-state index contributed by atoms with van der Waals surface area (Å²) in [6.07, 6.45) is 2.12. The topological polar surface area (TPSA) is 20.2 Å². The SMILES string of the molecule is O[C@@H](c1ccsc1)C1CCSCC1. The molecule has 1 saturated heterocycles. The van der Waals surface area contributed by atoms with E-state index in [4.69, 9.17) is 0 Å². The third-order valence-electron chi connectivity index (χ3n) is 2.60.